The lowest BCUT2D eigenvalue weighted by molar-refractivity contribution is -0.384. The number of ketones is 1. The zero-order valence-corrected chi connectivity index (χ0v) is 19.5. The largest absolute Gasteiger partial charge is 0.384 e. The van der Waals surface area contributed by atoms with Crippen LogP contribution in [0.2, 0.25) is 0 Å². The molecule has 1 heterocycles. The number of aryl methyl sites for hydroxylation is 2. The maximum atomic E-state index is 13.9. The summed E-state index contributed by atoms with van der Waals surface area (Å²) in [6.07, 6.45) is 0.675. The fourth-order valence-electron chi connectivity index (χ4n) is 5.00. The lowest BCUT2D eigenvalue weighted by Gasteiger charge is -2.43. The summed E-state index contributed by atoms with van der Waals surface area (Å²) < 4.78 is 13.9. The molecule has 0 fully saturated rings. The Bertz CT molecular complexity index is 1350. The molecule has 0 radical (unpaired) electrons. The van der Waals surface area contributed by atoms with Crippen LogP contribution in [0, 0.1) is 46.5 Å². The number of carbonyl (C=O) groups excluding carboxylic acids is 1. The maximum Gasteiger partial charge on any atom is 0.296 e. The predicted molar refractivity (Wildman–Crippen MR) is 126 cm³/mol. The number of Topliss-reactive ketones (excluding diaryl/α,β-unsaturated/α-hetero) is 1. The molecule has 0 aromatic heterocycles. The van der Waals surface area contributed by atoms with Gasteiger partial charge in [0.05, 0.1) is 28.5 Å². The molecule has 7 nitrogen and oxygen atoms in total. The molecule has 0 saturated heterocycles. The van der Waals surface area contributed by atoms with Crippen LogP contribution in [0.5, 0.6) is 0 Å². The van der Waals surface area contributed by atoms with Gasteiger partial charge >= 0.3 is 0 Å². The van der Waals surface area contributed by atoms with E-state index in [4.69, 9.17) is 5.73 Å². The van der Waals surface area contributed by atoms with E-state index in [1.54, 1.807) is 0 Å². The molecule has 0 amide bonds. The second kappa shape index (κ2) is 8.10. The summed E-state index contributed by atoms with van der Waals surface area (Å²) in [5, 5.41) is 22.0. The van der Waals surface area contributed by atoms with Crippen LogP contribution in [0.4, 0.5) is 15.8 Å². The third kappa shape index (κ3) is 3.73. The SMILES string of the molecule is Cc1ccc(C)c(C2C(C#N)=C(N)N(c3ccc(F)cc3[N+](=O)[O-])C3=C2C(=O)CC(C)(C)C3)c1. The Kier molecular flexibility index (Phi) is 5.52. The van der Waals surface area contributed by atoms with E-state index < -0.39 is 27.8 Å². The van der Waals surface area contributed by atoms with Crippen LogP contribution in [0.25, 0.3) is 0 Å². The first kappa shape index (κ1) is 23.2. The van der Waals surface area contributed by atoms with E-state index in [0.29, 0.717) is 17.7 Å². The number of allylic oxidation sites excluding steroid dienone is 3. The molecule has 0 spiro atoms. The second-order valence-electron chi connectivity index (χ2n) is 9.73. The van der Waals surface area contributed by atoms with Crippen molar-refractivity contribution in [2.45, 2.75) is 46.5 Å². The highest BCUT2D eigenvalue weighted by Crippen LogP contribution is 2.51. The number of hydrogen-bond acceptors (Lipinski definition) is 6. The molecule has 2 aromatic carbocycles. The fraction of sp³-hybridized carbons (Fsp3) is 0.308. The van der Waals surface area contributed by atoms with Crippen molar-refractivity contribution in [3.63, 3.8) is 0 Å². The Morgan fingerprint density at radius 2 is 1.91 bits per heavy atom. The maximum absolute atomic E-state index is 13.9. The number of anilines is 1. The first-order valence-corrected chi connectivity index (χ1v) is 10.9. The highest BCUT2D eigenvalue weighted by atomic mass is 19.1. The van der Waals surface area contributed by atoms with E-state index in [1.165, 1.54) is 11.0 Å². The van der Waals surface area contributed by atoms with Crippen LogP contribution in [-0.4, -0.2) is 10.7 Å². The minimum atomic E-state index is -0.766. The molecule has 2 aromatic rings. The van der Waals surface area contributed by atoms with Gasteiger partial charge in [-0.1, -0.05) is 37.6 Å². The van der Waals surface area contributed by atoms with Crippen LogP contribution in [0.1, 0.15) is 49.3 Å². The first-order chi connectivity index (χ1) is 15.9. The summed E-state index contributed by atoms with van der Waals surface area (Å²) in [7, 11) is 0. The van der Waals surface area contributed by atoms with Gasteiger partial charge in [0.15, 0.2) is 5.78 Å². The third-order valence-electron chi connectivity index (χ3n) is 6.50. The number of benzene rings is 2. The zero-order valence-electron chi connectivity index (χ0n) is 19.5. The van der Waals surface area contributed by atoms with Crippen molar-refractivity contribution < 1.29 is 14.1 Å². The van der Waals surface area contributed by atoms with E-state index in [9.17, 15) is 24.6 Å². The fourth-order valence-corrected chi connectivity index (χ4v) is 5.00. The van der Waals surface area contributed by atoms with Gasteiger partial charge in [0.2, 0.25) is 0 Å². The molecule has 1 unspecified atom stereocenters. The molecule has 1 aliphatic heterocycles. The minimum absolute atomic E-state index is 0.00682. The van der Waals surface area contributed by atoms with Gasteiger partial charge in [0, 0.05) is 17.7 Å². The van der Waals surface area contributed by atoms with E-state index >= 15 is 0 Å². The average Bonchev–Trinajstić information content (AvgIpc) is 2.74. The normalized spacial score (nSPS) is 19.7. The van der Waals surface area contributed by atoms with Gasteiger partial charge in [0.1, 0.15) is 17.3 Å². The second-order valence-corrected chi connectivity index (χ2v) is 9.73. The Morgan fingerprint density at radius 1 is 1.21 bits per heavy atom. The predicted octanol–water partition coefficient (Wildman–Crippen LogP) is 5.29. The molecule has 2 aliphatic rings. The quantitative estimate of drug-likeness (QED) is 0.492. The van der Waals surface area contributed by atoms with Crippen LogP contribution in [0.3, 0.4) is 0 Å². The van der Waals surface area contributed by atoms with Gasteiger partial charge in [-0.2, -0.15) is 5.26 Å². The van der Waals surface area contributed by atoms with Crippen LogP contribution >= 0.6 is 0 Å². The topological polar surface area (TPSA) is 113 Å². The number of hydrogen-bond donors (Lipinski definition) is 1. The summed E-state index contributed by atoms with van der Waals surface area (Å²) >= 11 is 0. The van der Waals surface area contributed by atoms with Crippen LogP contribution < -0.4 is 10.6 Å². The Morgan fingerprint density at radius 3 is 2.56 bits per heavy atom. The summed E-state index contributed by atoms with van der Waals surface area (Å²) in [5.41, 5.74) is 9.39. The molecule has 1 atom stereocenters. The molecule has 8 heteroatoms. The summed E-state index contributed by atoms with van der Waals surface area (Å²) in [6.45, 7) is 7.73. The number of nitrogens with two attached hydrogens (primary N) is 1. The molecule has 0 saturated carbocycles. The summed E-state index contributed by atoms with van der Waals surface area (Å²) in [5.74, 6) is -1.57. The molecule has 174 valence electrons. The van der Waals surface area contributed by atoms with Crippen molar-refractivity contribution in [3.05, 3.63) is 91.7 Å². The van der Waals surface area contributed by atoms with Gasteiger partial charge < -0.3 is 5.73 Å². The van der Waals surface area contributed by atoms with E-state index in [1.807, 2.05) is 45.9 Å². The van der Waals surface area contributed by atoms with E-state index in [-0.39, 0.29) is 29.3 Å². The number of nitriles is 1. The van der Waals surface area contributed by atoms with Gasteiger partial charge in [-0.3, -0.25) is 19.8 Å². The average molecular weight is 461 g/mol. The highest BCUT2D eigenvalue weighted by Gasteiger charge is 2.46. The van der Waals surface area contributed by atoms with Gasteiger partial charge in [0.25, 0.3) is 5.69 Å². The lowest BCUT2D eigenvalue weighted by atomic mass is 9.68. The van der Waals surface area contributed by atoms with Crippen molar-refractivity contribution >= 4 is 17.2 Å². The van der Waals surface area contributed by atoms with Crippen LogP contribution in [-0.2, 0) is 4.79 Å². The Labute approximate surface area is 197 Å². The summed E-state index contributed by atoms with van der Waals surface area (Å²) in [4.78, 5) is 26.1. The number of nitro groups is 1. The molecular weight excluding hydrogens is 435 g/mol. The van der Waals surface area contributed by atoms with E-state index in [0.717, 1.165) is 28.8 Å². The lowest BCUT2D eigenvalue weighted by Crippen LogP contribution is -2.42. The van der Waals surface area contributed by atoms with Crippen LogP contribution in [0.15, 0.2) is 59.1 Å². The zero-order chi connectivity index (χ0) is 24.9. The smallest absolute Gasteiger partial charge is 0.296 e. The molecule has 1 aliphatic carbocycles. The molecule has 2 N–H and O–H groups in total. The summed E-state index contributed by atoms with van der Waals surface area (Å²) in [6, 6.07) is 11.2. The molecule has 34 heavy (non-hydrogen) atoms. The number of nitrogens with zero attached hydrogens (tertiary/aromatic N) is 3. The molecular formula is C26H25FN4O3. The molecule has 4 rings (SSSR count). The van der Waals surface area contributed by atoms with Crippen molar-refractivity contribution in [3.8, 4) is 6.07 Å². The standard InChI is InChI=1S/C26H25FN4O3/c1-14-5-6-15(2)17(9-14)23-18(13-28)25(29)30(19-8-7-16(27)10-20(19)31(33)34)21-11-26(3,4)12-22(32)24(21)23/h5-10,23H,11-12,29H2,1-4H3. The van der Waals surface area contributed by atoms with Gasteiger partial charge in [-0.15, -0.1) is 0 Å². The van der Waals surface area contributed by atoms with Crippen molar-refractivity contribution in [2.75, 3.05) is 4.90 Å². The van der Waals surface area contributed by atoms with E-state index in [2.05, 4.69) is 6.07 Å². The van der Waals surface area contributed by atoms with Crippen molar-refractivity contribution in [2.24, 2.45) is 11.1 Å². The minimum Gasteiger partial charge on any atom is -0.384 e. The number of nitro benzene ring substituents is 1. The molecule has 0 bridgehead atoms. The Balaban J connectivity index is 2.08. The first-order valence-electron chi connectivity index (χ1n) is 10.9. The highest BCUT2D eigenvalue weighted by molar-refractivity contribution is 6.02. The van der Waals surface area contributed by atoms with Gasteiger partial charge in [-0.05, 0) is 48.9 Å². The number of rotatable bonds is 3. The Hall–Kier alpha value is -3.99. The third-order valence-corrected chi connectivity index (χ3v) is 6.50. The van der Waals surface area contributed by atoms with Crippen molar-refractivity contribution in [1.82, 2.24) is 0 Å². The number of halogens is 1. The monoisotopic (exact) mass is 460 g/mol. The number of carbonyl (C=O) groups is 1. The van der Waals surface area contributed by atoms with Gasteiger partial charge in [-0.25, -0.2) is 4.39 Å². The van der Waals surface area contributed by atoms with Crippen molar-refractivity contribution in [1.29, 1.82) is 5.26 Å².